The number of hydrogen-bond donors (Lipinski definition) is 0. The summed E-state index contributed by atoms with van der Waals surface area (Å²) in [5, 5.41) is 11.3. The van der Waals surface area contributed by atoms with Crippen LogP contribution in [0.4, 0.5) is 15.8 Å². The van der Waals surface area contributed by atoms with Gasteiger partial charge in [-0.3, -0.25) is 10.1 Å². The first-order valence-corrected chi connectivity index (χ1v) is 9.97. The van der Waals surface area contributed by atoms with Crippen LogP contribution in [-0.4, -0.2) is 43.8 Å². The van der Waals surface area contributed by atoms with Gasteiger partial charge < -0.3 is 4.90 Å². The average molecular weight is 444 g/mol. The van der Waals surface area contributed by atoms with Gasteiger partial charge in [0.15, 0.2) is 0 Å². The monoisotopic (exact) mass is 443 g/mol. The van der Waals surface area contributed by atoms with E-state index in [0.717, 1.165) is 6.07 Å². The van der Waals surface area contributed by atoms with Crippen LogP contribution in [0.1, 0.15) is 0 Å². The fraction of sp³-hybridized carbons (Fsp3) is 0.250. The molecular formula is C16H15BrFN3O4S. The highest BCUT2D eigenvalue weighted by molar-refractivity contribution is 9.10. The summed E-state index contributed by atoms with van der Waals surface area (Å²) in [4.78, 5) is 12.5. The highest BCUT2D eigenvalue weighted by atomic mass is 79.9. The number of hydrogen-bond acceptors (Lipinski definition) is 5. The van der Waals surface area contributed by atoms with E-state index >= 15 is 0 Å². The molecule has 10 heteroatoms. The molecule has 2 aromatic carbocycles. The zero-order valence-corrected chi connectivity index (χ0v) is 15.9. The Kier molecular flexibility index (Phi) is 5.26. The summed E-state index contributed by atoms with van der Waals surface area (Å²) in [7, 11) is -3.80. The molecular weight excluding hydrogens is 429 g/mol. The second kappa shape index (κ2) is 7.29. The van der Waals surface area contributed by atoms with Crippen molar-refractivity contribution in [1.82, 2.24) is 4.31 Å². The molecule has 1 aliphatic rings. The van der Waals surface area contributed by atoms with Crippen molar-refractivity contribution in [3.8, 4) is 0 Å². The molecule has 0 aromatic heterocycles. The van der Waals surface area contributed by atoms with Gasteiger partial charge in [-0.25, -0.2) is 12.8 Å². The first-order chi connectivity index (χ1) is 12.3. The maximum atomic E-state index is 13.3. The van der Waals surface area contributed by atoms with Gasteiger partial charge in [-0.05, 0) is 30.3 Å². The molecule has 0 N–H and O–H groups in total. The summed E-state index contributed by atoms with van der Waals surface area (Å²) in [5.74, 6) is -0.616. The summed E-state index contributed by atoms with van der Waals surface area (Å²) >= 11 is 3.21. The van der Waals surface area contributed by atoms with Crippen LogP contribution in [0.5, 0.6) is 0 Å². The zero-order chi connectivity index (χ0) is 18.9. The minimum absolute atomic E-state index is 0.0409. The number of piperazine rings is 1. The molecule has 0 radical (unpaired) electrons. The Balaban J connectivity index is 1.79. The van der Waals surface area contributed by atoms with Crippen molar-refractivity contribution in [3.63, 3.8) is 0 Å². The molecule has 1 fully saturated rings. The van der Waals surface area contributed by atoms with Crippen LogP contribution in [0.15, 0.2) is 51.8 Å². The van der Waals surface area contributed by atoms with E-state index in [1.807, 2.05) is 0 Å². The molecule has 26 heavy (non-hydrogen) atoms. The van der Waals surface area contributed by atoms with E-state index in [1.54, 1.807) is 17.0 Å². The first kappa shape index (κ1) is 18.7. The first-order valence-electron chi connectivity index (χ1n) is 7.73. The smallest absolute Gasteiger partial charge is 0.293 e. The molecule has 0 unspecified atom stereocenters. The highest BCUT2D eigenvalue weighted by Gasteiger charge is 2.30. The molecule has 0 amide bonds. The molecule has 0 aliphatic carbocycles. The lowest BCUT2D eigenvalue weighted by molar-refractivity contribution is -0.384. The van der Waals surface area contributed by atoms with Crippen LogP contribution in [0, 0.1) is 15.9 Å². The van der Waals surface area contributed by atoms with Crippen LogP contribution in [-0.2, 0) is 10.0 Å². The standard InChI is InChI=1S/C16H15BrFN3O4S/c17-12-4-5-15(16(10-12)21(22)23)19-6-8-20(9-7-19)26(24,25)14-3-1-2-13(18)11-14/h1-5,10-11H,6-9H2. The summed E-state index contributed by atoms with van der Waals surface area (Å²) in [6, 6.07) is 9.64. The van der Waals surface area contributed by atoms with Gasteiger partial charge in [0.1, 0.15) is 11.5 Å². The molecule has 7 nitrogen and oxygen atoms in total. The Morgan fingerprint density at radius 3 is 2.38 bits per heavy atom. The number of nitro benzene ring substituents is 1. The van der Waals surface area contributed by atoms with E-state index in [1.165, 1.54) is 28.6 Å². The second-order valence-corrected chi connectivity index (χ2v) is 8.59. The van der Waals surface area contributed by atoms with Crippen LogP contribution in [0.3, 0.4) is 0 Å². The SMILES string of the molecule is O=[N+]([O-])c1cc(Br)ccc1N1CCN(S(=O)(=O)c2cccc(F)c2)CC1. The molecule has 1 heterocycles. The number of nitrogens with zero attached hydrogens (tertiary/aromatic N) is 3. The predicted octanol–water partition coefficient (Wildman–Crippen LogP) is 3.01. The van der Waals surface area contributed by atoms with Crippen molar-refractivity contribution in [2.24, 2.45) is 0 Å². The van der Waals surface area contributed by atoms with E-state index in [4.69, 9.17) is 0 Å². The number of sulfonamides is 1. The number of halogens is 2. The quantitative estimate of drug-likeness (QED) is 0.535. The minimum atomic E-state index is -3.80. The van der Waals surface area contributed by atoms with Crippen molar-refractivity contribution in [2.75, 3.05) is 31.1 Å². The summed E-state index contributed by atoms with van der Waals surface area (Å²) in [6.07, 6.45) is 0. The van der Waals surface area contributed by atoms with Gasteiger partial charge in [0.2, 0.25) is 10.0 Å². The van der Waals surface area contributed by atoms with E-state index in [0.29, 0.717) is 23.2 Å². The molecule has 0 atom stereocenters. The number of anilines is 1. The van der Waals surface area contributed by atoms with Crippen molar-refractivity contribution >= 4 is 37.3 Å². The average Bonchev–Trinajstić information content (AvgIpc) is 2.61. The van der Waals surface area contributed by atoms with Crippen molar-refractivity contribution < 1.29 is 17.7 Å². The predicted molar refractivity (Wildman–Crippen MR) is 98.2 cm³/mol. The van der Waals surface area contributed by atoms with Crippen LogP contribution < -0.4 is 4.90 Å². The van der Waals surface area contributed by atoms with E-state index < -0.39 is 20.8 Å². The Hall–Kier alpha value is -2.04. The Morgan fingerprint density at radius 1 is 1.08 bits per heavy atom. The fourth-order valence-corrected chi connectivity index (χ4v) is 4.66. The molecule has 0 bridgehead atoms. The lowest BCUT2D eigenvalue weighted by atomic mass is 10.2. The van der Waals surface area contributed by atoms with Gasteiger partial charge in [-0.1, -0.05) is 22.0 Å². The normalized spacial score (nSPS) is 15.8. The third-order valence-corrected chi connectivity index (χ3v) is 6.54. The van der Waals surface area contributed by atoms with Crippen LogP contribution in [0.25, 0.3) is 0 Å². The van der Waals surface area contributed by atoms with Crippen molar-refractivity contribution in [3.05, 3.63) is 62.9 Å². The number of rotatable bonds is 4. The molecule has 138 valence electrons. The molecule has 1 saturated heterocycles. The largest absolute Gasteiger partial charge is 0.363 e. The lowest BCUT2D eigenvalue weighted by Gasteiger charge is -2.35. The van der Waals surface area contributed by atoms with Crippen molar-refractivity contribution in [1.29, 1.82) is 0 Å². The lowest BCUT2D eigenvalue weighted by Crippen LogP contribution is -2.48. The highest BCUT2D eigenvalue weighted by Crippen LogP contribution is 2.32. The fourth-order valence-electron chi connectivity index (χ4n) is 2.86. The van der Waals surface area contributed by atoms with Gasteiger partial charge in [0.25, 0.3) is 5.69 Å². The van der Waals surface area contributed by atoms with Crippen LogP contribution in [0.2, 0.25) is 0 Å². The Morgan fingerprint density at radius 2 is 1.77 bits per heavy atom. The molecule has 1 aliphatic heterocycles. The minimum Gasteiger partial charge on any atom is -0.363 e. The molecule has 0 saturated carbocycles. The summed E-state index contributed by atoms with van der Waals surface area (Å²) in [5.41, 5.74) is 0.404. The van der Waals surface area contributed by atoms with Gasteiger partial charge >= 0.3 is 0 Å². The Bertz CT molecular complexity index is 946. The summed E-state index contributed by atoms with van der Waals surface area (Å²) in [6.45, 7) is 0.923. The third kappa shape index (κ3) is 3.71. The number of nitro groups is 1. The van der Waals surface area contributed by atoms with Gasteiger partial charge in [-0.15, -0.1) is 0 Å². The maximum Gasteiger partial charge on any atom is 0.293 e. The molecule has 2 aromatic rings. The van der Waals surface area contributed by atoms with E-state index in [2.05, 4.69) is 15.9 Å². The molecule has 3 rings (SSSR count). The van der Waals surface area contributed by atoms with Gasteiger partial charge in [0.05, 0.1) is 9.82 Å². The van der Waals surface area contributed by atoms with E-state index in [9.17, 15) is 22.9 Å². The number of benzene rings is 2. The van der Waals surface area contributed by atoms with Gasteiger partial charge in [0, 0.05) is 36.7 Å². The second-order valence-electron chi connectivity index (χ2n) is 5.74. The van der Waals surface area contributed by atoms with Crippen molar-refractivity contribution in [2.45, 2.75) is 4.90 Å². The van der Waals surface area contributed by atoms with E-state index in [-0.39, 0.29) is 23.7 Å². The third-order valence-electron chi connectivity index (χ3n) is 4.15. The van der Waals surface area contributed by atoms with Gasteiger partial charge in [-0.2, -0.15) is 4.31 Å². The zero-order valence-electron chi connectivity index (χ0n) is 13.5. The summed E-state index contributed by atoms with van der Waals surface area (Å²) < 4.78 is 40.5. The van der Waals surface area contributed by atoms with Crippen LogP contribution >= 0.6 is 15.9 Å². The molecule has 0 spiro atoms. The Labute approximate surface area is 158 Å². The topological polar surface area (TPSA) is 83.8 Å². The maximum absolute atomic E-state index is 13.3.